The van der Waals surface area contributed by atoms with Crippen molar-refractivity contribution in [2.24, 2.45) is 0 Å². The lowest BCUT2D eigenvalue weighted by Gasteiger charge is -2.08. The third kappa shape index (κ3) is 3.87. The molecule has 3 aromatic rings. The minimum atomic E-state index is -0.549. The van der Waals surface area contributed by atoms with E-state index in [4.69, 9.17) is 0 Å². The maximum Gasteiger partial charge on any atom is 0.270 e. The molecule has 0 aliphatic rings. The van der Waals surface area contributed by atoms with Crippen molar-refractivity contribution in [3.63, 3.8) is 0 Å². The second-order valence-corrected chi connectivity index (χ2v) is 5.70. The molecule has 2 N–H and O–H groups in total. The van der Waals surface area contributed by atoms with E-state index in [1.807, 2.05) is 42.5 Å². The van der Waals surface area contributed by atoms with Crippen molar-refractivity contribution in [3.8, 4) is 16.9 Å². The lowest BCUT2D eigenvalue weighted by atomic mass is 10.0. The van der Waals surface area contributed by atoms with Crippen molar-refractivity contribution in [1.82, 2.24) is 5.32 Å². The average Bonchev–Trinajstić information content (AvgIpc) is 2.67. The quantitative estimate of drug-likeness (QED) is 0.540. The van der Waals surface area contributed by atoms with Crippen LogP contribution in [-0.2, 0) is 6.54 Å². The van der Waals surface area contributed by atoms with Crippen LogP contribution in [0.3, 0.4) is 0 Å². The van der Waals surface area contributed by atoms with E-state index in [1.54, 1.807) is 12.1 Å². The van der Waals surface area contributed by atoms with Crippen LogP contribution in [0.15, 0.2) is 72.8 Å². The van der Waals surface area contributed by atoms with E-state index >= 15 is 0 Å². The van der Waals surface area contributed by atoms with E-state index in [1.165, 1.54) is 18.2 Å². The summed E-state index contributed by atoms with van der Waals surface area (Å²) in [5.41, 5.74) is 2.67. The molecule has 0 fully saturated rings. The van der Waals surface area contributed by atoms with Gasteiger partial charge in [-0.25, -0.2) is 0 Å². The Morgan fingerprint density at radius 3 is 2.27 bits per heavy atom. The number of aromatic hydroxyl groups is 1. The lowest BCUT2D eigenvalue weighted by Crippen LogP contribution is -2.22. The number of rotatable bonds is 5. The number of nitrogens with zero attached hydrogens (tertiary/aromatic N) is 1. The van der Waals surface area contributed by atoms with Crippen molar-refractivity contribution in [3.05, 3.63) is 94.0 Å². The largest absolute Gasteiger partial charge is 0.508 e. The predicted molar refractivity (Wildman–Crippen MR) is 97.8 cm³/mol. The highest BCUT2D eigenvalue weighted by molar-refractivity contribution is 5.94. The highest BCUT2D eigenvalue weighted by atomic mass is 16.6. The molecular weight excluding hydrogens is 332 g/mol. The van der Waals surface area contributed by atoms with Gasteiger partial charge in [0.2, 0.25) is 0 Å². The summed E-state index contributed by atoms with van der Waals surface area (Å²) in [6.07, 6.45) is 0. The van der Waals surface area contributed by atoms with Gasteiger partial charge in [-0.3, -0.25) is 14.9 Å². The first kappa shape index (κ1) is 17.2. The summed E-state index contributed by atoms with van der Waals surface area (Å²) < 4.78 is 0. The molecule has 6 heteroatoms. The first-order valence-corrected chi connectivity index (χ1v) is 7.94. The fourth-order valence-electron chi connectivity index (χ4n) is 2.55. The number of benzene rings is 3. The Hall–Kier alpha value is -3.67. The molecule has 26 heavy (non-hydrogen) atoms. The summed E-state index contributed by atoms with van der Waals surface area (Å²) in [6, 6.07) is 20.6. The Morgan fingerprint density at radius 2 is 1.62 bits per heavy atom. The zero-order valence-corrected chi connectivity index (χ0v) is 13.8. The van der Waals surface area contributed by atoms with Crippen molar-refractivity contribution in [2.45, 2.75) is 6.54 Å². The molecular formula is C20H16N2O4. The summed E-state index contributed by atoms with van der Waals surface area (Å²) in [6.45, 7) is -0.00716. The van der Waals surface area contributed by atoms with Gasteiger partial charge in [0.25, 0.3) is 11.6 Å². The molecule has 0 spiro atoms. The fourth-order valence-corrected chi connectivity index (χ4v) is 2.55. The number of non-ortho nitro benzene ring substituents is 1. The third-order valence-electron chi connectivity index (χ3n) is 3.97. The second kappa shape index (κ2) is 7.48. The summed E-state index contributed by atoms with van der Waals surface area (Å²) in [5, 5.41) is 23.3. The molecule has 0 saturated heterocycles. The molecule has 3 rings (SSSR count). The number of phenolic OH excluding ortho intramolecular Hbond substituents is 1. The van der Waals surface area contributed by atoms with Crippen LogP contribution in [0.4, 0.5) is 5.69 Å². The Balaban J connectivity index is 1.69. The Morgan fingerprint density at radius 1 is 0.962 bits per heavy atom. The van der Waals surface area contributed by atoms with Gasteiger partial charge < -0.3 is 10.4 Å². The average molecular weight is 348 g/mol. The highest BCUT2D eigenvalue weighted by Crippen LogP contribution is 2.23. The van der Waals surface area contributed by atoms with Crippen molar-refractivity contribution in [2.75, 3.05) is 0 Å². The van der Waals surface area contributed by atoms with Gasteiger partial charge in [0, 0.05) is 29.8 Å². The maximum absolute atomic E-state index is 12.3. The topological polar surface area (TPSA) is 92.5 Å². The molecule has 0 aliphatic carbocycles. The van der Waals surface area contributed by atoms with Crippen LogP contribution in [0.2, 0.25) is 0 Å². The van der Waals surface area contributed by atoms with Crippen LogP contribution < -0.4 is 5.32 Å². The summed E-state index contributed by atoms with van der Waals surface area (Å²) >= 11 is 0. The van der Waals surface area contributed by atoms with Crippen LogP contribution in [-0.4, -0.2) is 15.9 Å². The van der Waals surface area contributed by atoms with Crippen LogP contribution in [0.25, 0.3) is 11.1 Å². The van der Waals surface area contributed by atoms with E-state index < -0.39 is 4.92 Å². The number of nitro benzene ring substituents is 1. The molecule has 0 unspecified atom stereocenters. The Kier molecular flexibility index (Phi) is 4.94. The molecule has 130 valence electrons. The molecule has 6 nitrogen and oxygen atoms in total. The normalized spacial score (nSPS) is 10.3. The van der Waals surface area contributed by atoms with Crippen LogP contribution in [0.1, 0.15) is 15.9 Å². The number of nitrogens with one attached hydrogen (secondary N) is 1. The van der Waals surface area contributed by atoms with Crippen LogP contribution >= 0.6 is 0 Å². The van der Waals surface area contributed by atoms with E-state index in [0.717, 1.165) is 11.1 Å². The monoisotopic (exact) mass is 348 g/mol. The van der Waals surface area contributed by atoms with Crippen LogP contribution in [0.5, 0.6) is 5.75 Å². The van der Waals surface area contributed by atoms with Gasteiger partial charge in [-0.1, -0.05) is 42.5 Å². The first-order valence-electron chi connectivity index (χ1n) is 7.94. The lowest BCUT2D eigenvalue weighted by molar-refractivity contribution is -0.384. The fraction of sp³-hybridized carbons (Fsp3) is 0.0500. The summed E-state index contributed by atoms with van der Waals surface area (Å²) in [7, 11) is 0. The van der Waals surface area contributed by atoms with Crippen molar-refractivity contribution < 1.29 is 14.8 Å². The molecule has 0 aliphatic heterocycles. The number of hydrogen-bond acceptors (Lipinski definition) is 4. The molecule has 0 bridgehead atoms. The van der Waals surface area contributed by atoms with Gasteiger partial charge in [0.15, 0.2) is 0 Å². The van der Waals surface area contributed by atoms with E-state index in [2.05, 4.69) is 5.32 Å². The van der Waals surface area contributed by atoms with Crippen molar-refractivity contribution >= 4 is 11.6 Å². The number of nitro groups is 1. The van der Waals surface area contributed by atoms with Crippen LogP contribution in [0, 0.1) is 10.1 Å². The van der Waals surface area contributed by atoms with Gasteiger partial charge in [-0.05, 0) is 29.3 Å². The number of hydrogen-bond donors (Lipinski definition) is 2. The third-order valence-corrected chi connectivity index (χ3v) is 3.97. The number of carbonyl (C=O) groups excluding carboxylic acids is 1. The van der Waals surface area contributed by atoms with Gasteiger partial charge in [-0.15, -0.1) is 0 Å². The summed E-state index contributed by atoms with van der Waals surface area (Å²) in [4.78, 5) is 22.5. The molecule has 3 aromatic carbocycles. The number of amides is 1. The number of carbonyl (C=O) groups is 1. The highest BCUT2D eigenvalue weighted by Gasteiger charge is 2.12. The van der Waals surface area contributed by atoms with Crippen molar-refractivity contribution in [1.29, 1.82) is 0 Å². The minimum absolute atomic E-state index is 0.00716. The minimum Gasteiger partial charge on any atom is -0.508 e. The van der Waals surface area contributed by atoms with E-state index in [9.17, 15) is 20.0 Å². The molecule has 0 heterocycles. The Bertz CT molecular complexity index is 938. The van der Waals surface area contributed by atoms with Gasteiger partial charge >= 0.3 is 0 Å². The molecule has 1 amide bonds. The number of phenols is 1. The molecule has 0 atom stereocenters. The van der Waals surface area contributed by atoms with Gasteiger partial charge in [0.05, 0.1) is 4.92 Å². The second-order valence-electron chi connectivity index (χ2n) is 5.70. The van der Waals surface area contributed by atoms with Gasteiger partial charge in [0.1, 0.15) is 5.75 Å². The Labute approximate surface area is 149 Å². The molecule has 0 saturated carbocycles. The van der Waals surface area contributed by atoms with E-state index in [-0.39, 0.29) is 29.5 Å². The zero-order chi connectivity index (χ0) is 18.5. The molecule has 0 radical (unpaired) electrons. The van der Waals surface area contributed by atoms with Gasteiger partial charge in [-0.2, -0.15) is 0 Å². The predicted octanol–water partition coefficient (Wildman–Crippen LogP) is 3.90. The maximum atomic E-state index is 12.3. The summed E-state index contributed by atoms with van der Waals surface area (Å²) in [5.74, 6) is -0.425. The smallest absolute Gasteiger partial charge is 0.270 e. The van der Waals surface area contributed by atoms with E-state index in [0.29, 0.717) is 5.56 Å². The standard InChI is InChI=1S/C20H16N2O4/c23-19-11-10-18(22(25)26)12-17(19)13-21-20(24)16-8-6-15(7-9-16)14-4-2-1-3-5-14/h1-12,23H,13H2,(H,21,24). The zero-order valence-electron chi connectivity index (χ0n) is 13.8. The first-order chi connectivity index (χ1) is 12.5. The SMILES string of the molecule is O=C(NCc1cc([N+](=O)[O-])ccc1O)c1ccc(-c2ccccc2)cc1. The molecule has 0 aromatic heterocycles.